The molecule has 4 nitrogen and oxygen atoms in total. The minimum atomic E-state index is -3.63. The Morgan fingerprint density at radius 2 is 1.76 bits per heavy atom. The van der Waals surface area contributed by atoms with Gasteiger partial charge in [-0.3, -0.25) is 0 Å². The van der Waals surface area contributed by atoms with E-state index in [-0.39, 0.29) is 11.5 Å². The summed E-state index contributed by atoms with van der Waals surface area (Å²) >= 11 is 0. The fourth-order valence-electron chi connectivity index (χ4n) is 2.79. The van der Waals surface area contributed by atoms with Gasteiger partial charge in [-0.25, -0.2) is 8.42 Å². The quantitative estimate of drug-likeness (QED) is 0.759. The van der Waals surface area contributed by atoms with Crippen LogP contribution in [0.4, 0.5) is 0 Å². The highest BCUT2D eigenvalue weighted by atomic mass is 32.2. The first-order valence-corrected chi connectivity index (χ1v) is 9.87. The first-order chi connectivity index (χ1) is 11.7. The molecule has 0 radical (unpaired) electrons. The van der Waals surface area contributed by atoms with Crippen molar-refractivity contribution in [3.05, 3.63) is 53.6 Å². The Morgan fingerprint density at radius 1 is 1.12 bits per heavy atom. The summed E-state index contributed by atoms with van der Waals surface area (Å²) in [6, 6.07) is 12.2. The van der Waals surface area contributed by atoms with Crippen molar-refractivity contribution in [2.24, 2.45) is 0 Å². The monoisotopic (exact) mass is 360 g/mol. The van der Waals surface area contributed by atoms with Crippen LogP contribution in [0.25, 0.3) is 0 Å². The Morgan fingerprint density at radius 3 is 2.32 bits per heavy atom. The number of epoxide rings is 1. The lowest BCUT2D eigenvalue weighted by Crippen LogP contribution is -2.20. The average molecular weight is 360 g/mol. The van der Waals surface area contributed by atoms with Crippen LogP contribution in [0.2, 0.25) is 0 Å². The van der Waals surface area contributed by atoms with Crippen molar-refractivity contribution in [2.45, 2.75) is 49.0 Å². The molecule has 2 aromatic carbocycles. The first kappa shape index (κ1) is 18.0. The predicted molar refractivity (Wildman–Crippen MR) is 97.0 cm³/mol. The normalized spacial score (nSPS) is 17.4. The molecule has 0 amide bonds. The average Bonchev–Trinajstić information content (AvgIpc) is 3.36. The molecular formula is C20H24O4S. The van der Waals surface area contributed by atoms with Crippen LogP contribution in [0.3, 0.4) is 0 Å². The van der Waals surface area contributed by atoms with E-state index in [1.807, 2.05) is 45.9 Å². The Labute approximate surface area is 149 Å². The molecule has 0 saturated carbocycles. The lowest BCUT2D eigenvalue weighted by Gasteiger charge is -2.26. The Hall–Kier alpha value is -1.85. The lowest BCUT2D eigenvalue weighted by atomic mass is 9.86. The molecule has 0 N–H and O–H groups in total. The second-order valence-electron chi connectivity index (χ2n) is 7.46. The van der Waals surface area contributed by atoms with Gasteiger partial charge in [-0.1, -0.05) is 44.5 Å². The maximum atomic E-state index is 13.2. The second kappa shape index (κ2) is 6.46. The van der Waals surface area contributed by atoms with E-state index < -0.39 is 9.84 Å². The van der Waals surface area contributed by atoms with E-state index in [0.29, 0.717) is 34.3 Å². The molecule has 0 aliphatic carbocycles. The number of rotatable bonds is 5. The SMILES string of the molecule is Cc1ccc(S(=O)(=O)c2cccc(OCC3CO3)c2C(C)(C)C)cc1. The van der Waals surface area contributed by atoms with Crippen molar-refractivity contribution in [3.63, 3.8) is 0 Å². The molecule has 1 aliphatic rings. The number of aryl methyl sites for hydroxylation is 1. The predicted octanol–water partition coefficient (Wildman–Crippen LogP) is 3.90. The van der Waals surface area contributed by atoms with Crippen molar-refractivity contribution >= 4 is 9.84 Å². The van der Waals surface area contributed by atoms with Crippen molar-refractivity contribution in [3.8, 4) is 5.75 Å². The number of benzene rings is 2. The van der Waals surface area contributed by atoms with Crippen molar-refractivity contribution in [1.82, 2.24) is 0 Å². The van der Waals surface area contributed by atoms with Crippen LogP contribution in [0.5, 0.6) is 5.75 Å². The van der Waals surface area contributed by atoms with E-state index in [9.17, 15) is 8.42 Å². The van der Waals surface area contributed by atoms with Crippen LogP contribution >= 0.6 is 0 Å². The van der Waals surface area contributed by atoms with Crippen LogP contribution in [0.1, 0.15) is 31.9 Å². The summed E-state index contributed by atoms with van der Waals surface area (Å²) in [6.07, 6.45) is 0.116. The third-order valence-electron chi connectivity index (χ3n) is 4.19. The zero-order valence-electron chi connectivity index (χ0n) is 15.1. The van der Waals surface area contributed by atoms with Gasteiger partial charge in [0.05, 0.1) is 16.4 Å². The molecule has 5 heteroatoms. The van der Waals surface area contributed by atoms with Crippen molar-refractivity contribution in [1.29, 1.82) is 0 Å². The summed E-state index contributed by atoms with van der Waals surface area (Å²) < 4.78 is 37.5. The second-order valence-corrected chi connectivity index (χ2v) is 9.38. The summed E-state index contributed by atoms with van der Waals surface area (Å²) in [6.45, 7) is 9.07. The van der Waals surface area contributed by atoms with Crippen LogP contribution in [-0.4, -0.2) is 27.7 Å². The van der Waals surface area contributed by atoms with Gasteiger partial charge in [0.2, 0.25) is 9.84 Å². The van der Waals surface area contributed by atoms with E-state index in [0.717, 1.165) is 5.56 Å². The summed E-state index contributed by atoms with van der Waals surface area (Å²) in [4.78, 5) is 0.601. The molecule has 134 valence electrons. The molecule has 0 spiro atoms. The van der Waals surface area contributed by atoms with Gasteiger partial charge >= 0.3 is 0 Å². The van der Waals surface area contributed by atoms with Gasteiger partial charge in [-0.2, -0.15) is 0 Å². The maximum absolute atomic E-state index is 13.2. The Kier molecular flexibility index (Phi) is 4.64. The smallest absolute Gasteiger partial charge is 0.207 e. The highest BCUT2D eigenvalue weighted by Gasteiger charge is 2.31. The largest absolute Gasteiger partial charge is 0.490 e. The first-order valence-electron chi connectivity index (χ1n) is 8.39. The van der Waals surface area contributed by atoms with Gasteiger partial charge in [0, 0.05) is 5.56 Å². The lowest BCUT2D eigenvalue weighted by molar-refractivity contribution is 0.257. The third-order valence-corrected chi connectivity index (χ3v) is 6.00. The van der Waals surface area contributed by atoms with E-state index in [4.69, 9.17) is 9.47 Å². The fraction of sp³-hybridized carbons (Fsp3) is 0.400. The number of sulfone groups is 1. The molecule has 25 heavy (non-hydrogen) atoms. The van der Waals surface area contributed by atoms with Gasteiger partial charge in [0.25, 0.3) is 0 Å². The standard InChI is InChI=1S/C20H24O4S/c1-14-8-10-16(11-9-14)25(21,22)18-7-5-6-17(19(18)20(2,3)4)24-13-15-12-23-15/h5-11,15H,12-13H2,1-4H3. The van der Waals surface area contributed by atoms with Crippen molar-refractivity contribution in [2.75, 3.05) is 13.2 Å². The van der Waals surface area contributed by atoms with Gasteiger partial charge in [-0.05, 0) is 36.6 Å². The fourth-order valence-corrected chi connectivity index (χ4v) is 4.47. The molecule has 1 aliphatic heterocycles. The van der Waals surface area contributed by atoms with E-state index in [1.165, 1.54) is 0 Å². The number of ether oxygens (including phenoxy) is 2. The molecule has 1 heterocycles. The molecule has 1 fully saturated rings. The Balaban J connectivity index is 2.10. The van der Waals surface area contributed by atoms with Gasteiger partial charge in [0.1, 0.15) is 18.5 Å². The maximum Gasteiger partial charge on any atom is 0.207 e. The highest BCUT2D eigenvalue weighted by Crippen LogP contribution is 2.39. The number of hydrogen-bond donors (Lipinski definition) is 0. The summed E-state index contributed by atoms with van der Waals surface area (Å²) in [7, 11) is -3.63. The summed E-state index contributed by atoms with van der Waals surface area (Å²) in [5.74, 6) is 0.608. The van der Waals surface area contributed by atoms with Crippen LogP contribution in [0.15, 0.2) is 52.3 Å². The zero-order valence-corrected chi connectivity index (χ0v) is 15.9. The topological polar surface area (TPSA) is 55.9 Å². The van der Waals surface area contributed by atoms with Crippen molar-refractivity contribution < 1.29 is 17.9 Å². The molecule has 1 atom stereocenters. The van der Waals surface area contributed by atoms with E-state index in [1.54, 1.807) is 24.3 Å². The zero-order chi connectivity index (χ0) is 18.2. The van der Waals surface area contributed by atoms with Gasteiger partial charge in [0.15, 0.2) is 0 Å². The molecule has 2 aromatic rings. The summed E-state index contributed by atoms with van der Waals surface area (Å²) in [5.41, 5.74) is 1.35. The van der Waals surface area contributed by atoms with Crippen LogP contribution in [-0.2, 0) is 20.0 Å². The Bertz CT molecular complexity index is 858. The number of hydrogen-bond acceptors (Lipinski definition) is 4. The van der Waals surface area contributed by atoms with E-state index in [2.05, 4.69) is 0 Å². The van der Waals surface area contributed by atoms with Crippen LogP contribution < -0.4 is 4.74 Å². The molecular weight excluding hydrogens is 336 g/mol. The van der Waals surface area contributed by atoms with E-state index >= 15 is 0 Å². The van der Waals surface area contributed by atoms with Gasteiger partial charge < -0.3 is 9.47 Å². The molecule has 1 unspecified atom stereocenters. The third kappa shape index (κ3) is 3.88. The molecule has 1 saturated heterocycles. The molecule has 0 bridgehead atoms. The highest BCUT2D eigenvalue weighted by molar-refractivity contribution is 7.91. The molecule has 3 rings (SSSR count). The minimum Gasteiger partial charge on any atom is -0.490 e. The van der Waals surface area contributed by atoms with Crippen LogP contribution in [0, 0.1) is 6.92 Å². The van der Waals surface area contributed by atoms with Gasteiger partial charge in [-0.15, -0.1) is 0 Å². The minimum absolute atomic E-state index is 0.116. The summed E-state index contributed by atoms with van der Waals surface area (Å²) in [5, 5.41) is 0. The molecule has 0 aromatic heterocycles.